The molecule has 3 rings (SSSR count). The molecule has 0 aromatic heterocycles. The first-order chi connectivity index (χ1) is 12.4. The smallest absolute Gasteiger partial charge is 0.227 e. The van der Waals surface area contributed by atoms with Crippen molar-refractivity contribution in [2.45, 2.75) is 26.7 Å². The normalized spacial score (nSPS) is 16.8. The first-order valence-electron chi connectivity index (χ1n) is 8.84. The average molecular weight is 354 g/mol. The molecule has 26 heavy (non-hydrogen) atoms. The van der Waals surface area contributed by atoms with Gasteiger partial charge >= 0.3 is 0 Å². The van der Waals surface area contributed by atoms with E-state index in [1.807, 2.05) is 32.0 Å². The van der Waals surface area contributed by atoms with Crippen LogP contribution in [0.25, 0.3) is 0 Å². The monoisotopic (exact) mass is 354 g/mol. The number of anilines is 1. The van der Waals surface area contributed by atoms with Gasteiger partial charge in [-0.3, -0.25) is 9.59 Å². The van der Waals surface area contributed by atoms with E-state index in [9.17, 15) is 14.0 Å². The molecule has 1 heterocycles. The average Bonchev–Trinajstić information content (AvgIpc) is 3.00. The van der Waals surface area contributed by atoms with E-state index >= 15 is 0 Å². The summed E-state index contributed by atoms with van der Waals surface area (Å²) in [7, 11) is 0. The van der Waals surface area contributed by atoms with Crippen molar-refractivity contribution in [1.29, 1.82) is 0 Å². The summed E-state index contributed by atoms with van der Waals surface area (Å²) in [5, 5.41) is 2.89. The van der Waals surface area contributed by atoms with Gasteiger partial charge in [-0.05, 0) is 55.2 Å². The Morgan fingerprint density at radius 2 is 1.92 bits per heavy atom. The number of rotatable bonds is 5. The molecule has 1 aliphatic heterocycles. The van der Waals surface area contributed by atoms with Crippen molar-refractivity contribution in [3.8, 4) is 0 Å². The maximum absolute atomic E-state index is 12.9. The molecule has 2 amide bonds. The zero-order valence-corrected chi connectivity index (χ0v) is 15.1. The minimum atomic E-state index is -0.337. The van der Waals surface area contributed by atoms with Gasteiger partial charge in [-0.15, -0.1) is 0 Å². The van der Waals surface area contributed by atoms with E-state index in [1.54, 1.807) is 17.0 Å². The number of carbonyl (C=O) groups excluding carboxylic acids is 2. The number of halogens is 1. The van der Waals surface area contributed by atoms with E-state index in [2.05, 4.69) is 5.32 Å². The molecule has 1 saturated heterocycles. The number of benzene rings is 2. The van der Waals surface area contributed by atoms with Crippen LogP contribution in [-0.2, 0) is 16.0 Å². The molecule has 1 fully saturated rings. The number of nitrogens with one attached hydrogen (secondary N) is 1. The summed E-state index contributed by atoms with van der Waals surface area (Å²) in [4.78, 5) is 26.5. The number of nitrogens with zero attached hydrogens (tertiary/aromatic N) is 1. The van der Waals surface area contributed by atoms with Gasteiger partial charge in [-0.25, -0.2) is 4.39 Å². The Morgan fingerprint density at radius 3 is 2.65 bits per heavy atom. The third-order valence-corrected chi connectivity index (χ3v) is 4.78. The van der Waals surface area contributed by atoms with Crippen LogP contribution in [-0.4, -0.2) is 24.9 Å². The summed E-state index contributed by atoms with van der Waals surface area (Å²) in [5.41, 5.74) is 3.97. The van der Waals surface area contributed by atoms with E-state index in [-0.39, 0.29) is 30.0 Å². The summed E-state index contributed by atoms with van der Waals surface area (Å²) in [6.07, 6.45) is 0.864. The first kappa shape index (κ1) is 18.1. The van der Waals surface area contributed by atoms with E-state index in [1.165, 1.54) is 12.1 Å². The van der Waals surface area contributed by atoms with E-state index in [0.717, 1.165) is 22.4 Å². The van der Waals surface area contributed by atoms with Crippen molar-refractivity contribution in [2.24, 2.45) is 5.92 Å². The minimum Gasteiger partial charge on any atom is -0.355 e. The molecule has 0 aliphatic carbocycles. The maximum atomic E-state index is 12.9. The lowest BCUT2D eigenvalue weighted by Gasteiger charge is -2.19. The topological polar surface area (TPSA) is 49.4 Å². The van der Waals surface area contributed by atoms with Gasteiger partial charge in [0.05, 0.1) is 5.92 Å². The maximum Gasteiger partial charge on any atom is 0.227 e. The van der Waals surface area contributed by atoms with Gasteiger partial charge in [-0.2, -0.15) is 0 Å². The Morgan fingerprint density at radius 1 is 1.19 bits per heavy atom. The largest absolute Gasteiger partial charge is 0.355 e. The SMILES string of the molecule is Cc1ccc(C)c(N2CC(C(=O)NCCc3ccc(F)cc3)CC2=O)c1. The number of amides is 2. The molecule has 1 aliphatic rings. The summed E-state index contributed by atoms with van der Waals surface area (Å²) >= 11 is 0. The predicted molar refractivity (Wildman–Crippen MR) is 99.5 cm³/mol. The summed E-state index contributed by atoms with van der Waals surface area (Å²) in [6.45, 7) is 4.84. The Balaban J connectivity index is 1.56. The zero-order chi connectivity index (χ0) is 18.7. The van der Waals surface area contributed by atoms with Crippen LogP contribution in [0.3, 0.4) is 0 Å². The minimum absolute atomic E-state index is 0.0163. The van der Waals surface area contributed by atoms with Gasteiger partial charge in [0.15, 0.2) is 0 Å². The highest BCUT2D eigenvalue weighted by Gasteiger charge is 2.35. The number of hydrogen-bond acceptors (Lipinski definition) is 2. The quantitative estimate of drug-likeness (QED) is 0.897. The van der Waals surface area contributed by atoms with Crippen LogP contribution in [0.5, 0.6) is 0 Å². The van der Waals surface area contributed by atoms with E-state index in [4.69, 9.17) is 0 Å². The molecule has 4 nitrogen and oxygen atoms in total. The van der Waals surface area contributed by atoms with Crippen LogP contribution in [0.1, 0.15) is 23.1 Å². The summed E-state index contributed by atoms with van der Waals surface area (Å²) < 4.78 is 12.9. The molecule has 1 unspecified atom stereocenters. The lowest BCUT2D eigenvalue weighted by Crippen LogP contribution is -2.34. The Bertz CT molecular complexity index is 817. The first-order valence-corrected chi connectivity index (χ1v) is 8.84. The summed E-state index contributed by atoms with van der Waals surface area (Å²) in [5.74, 6) is -0.727. The van der Waals surface area contributed by atoms with Crippen LogP contribution in [0.15, 0.2) is 42.5 Å². The lowest BCUT2D eigenvalue weighted by molar-refractivity contribution is -0.126. The molecular formula is C21H23FN2O2. The van der Waals surface area contributed by atoms with Gasteiger partial charge in [0, 0.05) is 25.2 Å². The number of hydrogen-bond donors (Lipinski definition) is 1. The second-order valence-electron chi connectivity index (χ2n) is 6.86. The highest BCUT2D eigenvalue weighted by molar-refractivity contribution is 6.00. The molecule has 1 N–H and O–H groups in total. The van der Waals surface area contributed by atoms with Crippen molar-refractivity contribution in [2.75, 3.05) is 18.0 Å². The third kappa shape index (κ3) is 4.10. The molecule has 5 heteroatoms. The molecule has 0 bridgehead atoms. The molecule has 1 atom stereocenters. The molecule has 0 saturated carbocycles. The summed E-state index contributed by atoms with van der Waals surface area (Å²) in [6, 6.07) is 12.2. The fraction of sp³-hybridized carbons (Fsp3) is 0.333. The van der Waals surface area contributed by atoms with Crippen LogP contribution in [0.4, 0.5) is 10.1 Å². The van der Waals surface area contributed by atoms with Gasteiger partial charge in [0.1, 0.15) is 5.82 Å². The Hall–Kier alpha value is -2.69. The fourth-order valence-corrected chi connectivity index (χ4v) is 3.25. The molecule has 2 aromatic rings. The van der Waals surface area contributed by atoms with E-state index in [0.29, 0.717) is 19.5 Å². The fourth-order valence-electron chi connectivity index (χ4n) is 3.25. The lowest BCUT2D eigenvalue weighted by atomic mass is 10.1. The van der Waals surface area contributed by atoms with E-state index < -0.39 is 0 Å². The van der Waals surface area contributed by atoms with Crippen molar-refractivity contribution >= 4 is 17.5 Å². The molecule has 2 aromatic carbocycles. The predicted octanol–water partition coefficient (Wildman–Crippen LogP) is 3.15. The number of aryl methyl sites for hydroxylation is 2. The zero-order valence-electron chi connectivity index (χ0n) is 15.1. The second kappa shape index (κ2) is 7.68. The third-order valence-electron chi connectivity index (χ3n) is 4.78. The standard InChI is InChI=1S/C21H23FN2O2/c1-14-3-4-15(2)19(11-14)24-13-17(12-20(24)25)21(26)23-10-9-16-5-7-18(22)8-6-16/h3-8,11,17H,9-10,12-13H2,1-2H3,(H,23,26). The van der Waals surface area contributed by atoms with Crippen LogP contribution in [0.2, 0.25) is 0 Å². The number of carbonyl (C=O) groups is 2. The van der Waals surface area contributed by atoms with Crippen molar-refractivity contribution < 1.29 is 14.0 Å². The van der Waals surface area contributed by atoms with Gasteiger partial charge in [0.25, 0.3) is 0 Å². The van der Waals surface area contributed by atoms with Gasteiger partial charge in [0.2, 0.25) is 11.8 Å². The molecule has 136 valence electrons. The van der Waals surface area contributed by atoms with Gasteiger partial charge < -0.3 is 10.2 Å². The molecule has 0 spiro atoms. The Labute approximate surface area is 153 Å². The van der Waals surface area contributed by atoms with Crippen LogP contribution < -0.4 is 10.2 Å². The highest BCUT2D eigenvalue weighted by atomic mass is 19.1. The highest BCUT2D eigenvalue weighted by Crippen LogP contribution is 2.28. The van der Waals surface area contributed by atoms with Crippen molar-refractivity contribution in [1.82, 2.24) is 5.32 Å². The van der Waals surface area contributed by atoms with Crippen molar-refractivity contribution in [3.63, 3.8) is 0 Å². The molecular weight excluding hydrogens is 331 g/mol. The Kier molecular flexibility index (Phi) is 5.35. The van der Waals surface area contributed by atoms with Crippen molar-refractivity contribution in [3.05, 3.63) is 65.0 Å². The van der Waals surface area contributed by atoms with Crippen LogP contribution in [0, 0.1) is 25.6 Å². The van der Waals surface area contributed by atoms with Gasteiger partial charge in [-0.1, -0.05) is 24.3 Å². The van der Waals surface area contributed by atoms with Crippen LogP contribution >= 0.6 is 0 Å². The second-order valence-corrected chi connectivity index (χ2v) is 6.86. The molecule has 0 radical (unpaired) electrons.